The summed E-state index contributed by atoms with van der Waals surface area (Å²) in [5.41, 5.74) is 0.0703. The number of rotatable bonds is 4. The van der Waals surface area contributed by atoms with Gasteiger partial charge in [0.05, 0.1) is 0 Å². The van der Waals surface area contributed by atoms with Crippen LogP contribution in [0.15, 0.2) is 34.9 Å². The van der Waals surface area contributed by atoms with Gasteiger partial charge in [-0.2, -0.15) is 4.98 Å². The molecule has 5 heteroatoms. The molecule has 96 valence electrons. The molecular formula is C13H16N2O3. The maximum atomic E-state index is 10.1. The van der Waals surface area contributed by atoms with Gasteiger partial charge in [0.2, 0.25) is 5.82 Å². The molecule has 0 aliphatic heterocycles. The highest BCUT2D eigenvalue weighted by atomic mass is 16.5. The molecule has 1 aromatic heterocycles. The standard InChI is InChI=1S/C13H16N2O3/c1-13(2,17-3)12-14-11(18-15-12)10(16)9-7-5-4-6-8-9/h4-8,10,16H,1-3H3. The maximum Gasteiger partial charge on any atom is 0.260 e. The van der Waals surface area contributed by atoms with Gasteiger partial charge in [0, 0.05) is 7.11 Å². The van der Waals surface area contributed by atoms with E-state index in [-0.39, 0.29) is 5.89 Å². The van der Waals surface area contributed by atoms with Crippen molar-refractivity contribution in [2.75, 3.05) is 7.11 Å². The first-order valence-corrected chi connectivity index (χ1v) is 5.67. The summed E-state index contributed by atoms with van der Waals surface area (Å²) in [6.07, 6.45) is -0.917. The molecule has 1 atom stereocenters. The third-order valence-electron chi connectivity index (χ3n) is 2.84. The van der Waals surface area contributed by atoms with Crippen LogP contribution in [-0.2, 0) is 10.3 Å². The van der Waals surface area contributed by atoms with Crippen molar-refractivity contribution in [2.45, 2.75) is 25.6 Å². The molecule has 1 unspecified atom stereocenters. The summed E-state index contributed by atoms with van der Waals surface area (Å²) in [6.45, 7) is 3.66. The zero-order valence-corrected chi connectivity index (χ0v) is 10.6. The van der Waals surface area contributed by atoms with Crippen LogP contribution in [0.4, 0.5) is 0 Å². The predicted molar refractivity (Wildman–Crippen MR) is 64.8 cm³/mol. The second-order valence-electron chi connectivity index (χ2n) is 4.48. The van der Waals surface area contributed by atoms with E-state index in [1.54, 1.807) is 19.2 Å². The average Bonchev–Trinajstić information content (AvgIpc) is 2.89. The molecule has 0 spiro atoms. The second kappa shape index (κ2) is 4.88. The van der Waals surface area contributed by atoms with Crippen molar-refractivity contribution in [1.29, 1.82) is 0 Å². The molecule has 1 heterocycles. The number of aromatic nitrogens is 2. The Morgan fingerprint density at radius 3 is 2.56 bits per heavy atom. The van der Waals surface area contributed by atoms with Crippen LogP contribution < -0.4 is 0 Å². The molecular weight excluding hydrogens is 232 g/mol. The van der Waals surface area contributed by atoms with Crippen molar-refractivity contribution in [3.8, 4) is 0 Å². The fraction of sp³-hybridized carbons (Fsp3) is 0.385. The molecule has 0 aliphatic carbocycles. The number of aliphatic hydroxyl groups is 1. The Morgan fingerprint density at radius 2 is 1.94 bits per heavy atom. The smallest absolute Gasteiger partial charge is 0.260 e. The van der Waals surface area contributed by atoms with Gasteiger partial charge in [-0.15, -0.1) is 0 Å². The Balaban J connectivity index is 2.26. The summed E-state index contributed by atoms with van der Waals surface area (Å²) in [6, 6.07) is 9.17. The number of benzene rings is 1. The van der Waals surface area contributed by atoms with Crippen LogP contribution in [0.5, 0.6) is 0 Å². The van der Waals surface area contributed by atoms with Crippen LogP contribution in [-0.4, -0.2) is 22.4 Å². The Kier molecular flexibility index (Phi) is 3.45. The molecule has 1 aromatic carbocycles. The highest BCUT2D eigenvalue weighted by Gasteiger charge is 2.28. The van der Waals surface area contributed by atoms with E-state index < -0.39 is 11.7 Å². The van der Waals surface area contributed by atoms with Gasteiger partial charge in [-0.3, -0.25) is 0 Å². The number of aliphatic hydroxyl groups excluding tert-OH is 1. The fourth-order valence-corrected chi connectivity index (χ4v) is 1.46. The van der Waals surface area contributed by atoms with E-state index >= 15 is 0 Å². The third-order valence-corrected chi connectivity index (χ3v) is 2.84. The van der Waals surface area contributed by atoms with Gasteiger partial charge in [-0.1, -0.05) is 35.5 Å². The molecule has 0 amide bonds. The second-order valence-corrected chi connectivity index (χ2v) is 4.48. The van der Waals surface area contributed by atoms with E-state index in [2.05, 4.69) is 10.1 Å². The molecule has 0 fully saturated rings. The zero-order valence-electron chi connectivity index (χ0n) is 10.6. The lowest BCUT2D eigenvalue weighted by molar-refractivity contribution is 0.00973. The van der Waals surface area contributed by atoms with E-state index in [1.807, 2.05) is 32.0 Å². The summed E-state index contributed by atoms with van der Waals surface area (Å²) in [7, 11) is 1.57. The lowest BCUT2D eigenvalue weighted by atomic mass is 10.1. The Labute approximate surface area is 105 Å². The number of nitrogens with zero attached hydrogens (tertiary/aromatic N) is 2. The summed E-state index contributed by atoms with van der Waals surface area (Å²) in [5.74, 6) is 0.580. The first-order valence-electron chi connectivity index (χ1n) is 5.67. The summed E-state index contributed by atoms with van der Waals surface area (Å²) in [5, 5.41) is 13.9. The van der Waals surface area contributed by atoms with E-state index in [0.29, 0.717) is 11.4 Å². The van der Waals surface area contributed by atoms with Gasteiger partial charge in [0.1, 0.15) is 5.60 Å². The predicted octanol–water partition coefficient (Wildman–Crippen LogP) is 2.03. The normalized spacial score (nSPS) is 13.6. The minimum atomic E-state index is -0.917. The molecule has 0 radical (unpaired) electrons. The largest absolute Gasteiger partial charge is 0.378 e. The average molecular weight is 248 g/mol. The summed E-state index contributed by atoms with van der Waals surface area (Å²) >= 11 is 0. The van der Waals surface area contributed by atoms with E-state index in [4.69, 9.17) is 9.26 Å². The van der Waals surface area contributed by atoms with E-state index in [9.17, 15) is 5.11 Å². The monoisotopic (exact) mass is 248 g/mol. The summed E-state index contributed by atoms with van der Waals surface area (Å²) in [4.78, 5) is 4.18. The minimum Gasteiger partial charge on any atom is -0.378 e. The van der Waals surface area contributed by atoms with Crippen LogP contribution in [0.3, 0.4) is 0 Å². The number of ether oxygens (including phenoxy) is 1. The van der Waals surface area contributed by atoms with Gasteiger partial charge < -0.3 is 14.4 Å². The van der Waals surface area contributed by atoms with Crippen molar-refractivity contribution in [2.24, 2.45) is 0 Å². The van der Waals surface area contributed by atoms with Crippen molar-refractivity contribution in [3.63, 3.8) is 0 Å². The van der Waals surface area contributed by atoms with Crippen molar-refractivity contribution in [1.82, 2.24) is 10.1 Å². The Hall–Kier alpha value is -1.72. The van der Waals surface area contributed by atoms with Gasteiger partial charge in [0.15, 0.2) is 6.10 Å². The Bertz CT molecular complexity index is 508. The number of hydrogen-bond donors (Lipinski definition) is 1. The van der Waals surface area contributed by atoms with Gasteiger partial charge in [0.25, 0.3) is 5.89 Å². The molecule has 2 aromatic rings. The lowest BCUT2D eigenvalue weighted by Gasteiger charge is -2.17. The first-order chi connectivity index (χ1) is 8.54. The van der Waals surface area contributed by atoms with Crippen LogP contribution in [0.25, 0.3) is 0 Å². The third kappa shape index (κ3) is 2.42. The SMILES string of the molecule is COC(C)(C)c1noc(C(O)c2ccccc2)n1. The molecule has 2 rings (SSSR count). The maximum absolute atomic E-state index is 10.1. The quantitative estimate of drug-likeness (QED) is 0.896. The molecule has 0 aliphatic rings. The van der Waals surface area contributed by atoms with Crippen LogP contribution in [0.1, 0.15) is 37.2 Å². The summed E-state index contributed by atoms with van der Waals surface area (Å²) < 4.78 is 10.3. The highest BCUT2D eigenvalue weighted by molar-refractivity contribution is 5.21. The highest BCUT2D eigenvalue weighted by Crippen LogP contribution is 2.25. The van der Waals surface area contributed by atoms with Crippen molar-refractivity contribution >= 4 is 0 Å². The molecule has 0 saturated carbocycles. The Morgan fingerprint density at radius 1 is 1.28 bits per heavy atom. The molecule has 0 bridgehead atoms. The fourth-order valence-electron chi connectivity index (χ4n) is 1.46. The first kappa shape index (κ1) is 12.7. The van der Waals surface area contributed by atoms with Gasteiger partial charge in [-0.25, -0.2) is 0 Å². The van der Waals surface area contributed by atoms with Gasteiger partial charge >= 0.3 is 0 Å². The van der Waals surface area contributed by atoms with Crippen LogP contribution >= 0.6 is 0 Å². The van der Waals surface area contributed by atoms with Crippen molar-refractivity contribution in [3.05, 3.63) is 47.6 Å². The molecule has 5 nitrogen and oxygen atoms in total. The van der Waals surface area contributed by atoms with E-state index in [1.165, 1.54) is 0 Å². The topological polar surface area (TPSA) is 68.4 Å². The molecule has 18 heavy (non-hydrogen) atoms. The zero-order chi connectivity index (χ0) is 13.2. The lowest BCUT2D eigenvalue weighted by Crippen LogP contribution is -2.21. The van der Waals surface area contributed by atoms with Crippen LogP contribution in [0, 0.1) is 0 Å². The minimum absolute atomic E-state index is 0.168. The van der Waals surface area contributed by atoms with Gasteiger partial charge in [-0.05, 0) is 19.4 Å². The molecule has 0 saturated heterocycles. The molecule has 1 N–H and O–H groups in total. The van der Waals surface area contributed by atoms with Crippen LogP contribution in [0.2, 0.25) is 0 Å². The number of methoxy groups -OCH3 is 1. The van der Waals surface area contributed by atoms with E-state index in [0.717, 1.165) is 0 Å². The van der Waals surface area contributed by atoms with Crippen molar-refractivity contribution < 1.29 is 14.4 Å². The number of hydrogen-bond acceptors (Lipinski definition) is 5.